The van der Waals surface area contributed by atoms with Gasteiger partial charge in [-0.15, -0.1) is 0 Å². The Morgan fingerprint density at radius 2 is 1.91 bits per heavy atom. The van der Waals surface area contributed by atoms with Gasteiger partial charge in [0.15, 0.2) is 8.32 Å². The number of carbonyl (C=O) groups is 1. The van der Waals surface area contributed by atoms with Gasteiger partial charge in [-0.05, 0) is 85.9 Å². The van der Waals surface area contributed by atoms with Gasteiger partial charge in [-0.1, -0.05) is 33.8 Å². The summed E-state index contributed by atoms with van der Waals surface area (Å²) in [6, 6.07) is 14.0. The van der Waals surface area contributed by atoms with Crippen molar-refractivity contribution in [2.45, 2.75) is 96.7 Å². The van der Waals surface area contributed by atoms with Gasteiger partial charge in [-0.3, -0.25) is 4.90 Å². The van der Waals surface area contributed by atoms with Crippen LogP contribution < -0.4 is 10.2 Å². The first-order chi connectivity index (χ1) is 21.9. The molecule has 2 unspecified atom stereocenters. The van der Waals surface area contributed by atoms with Crippen LogP contribution in [0.1, 0.15) is 70.7 Å². The minimum absolute atomic E-state index is 0.00599. The molecule has 0 radical (unpaired) electrons. The van der Waals surface area contributed by atoms with Crippen molar-refractivity contribution in [3.63, 3.8) is 0 Å². The number of aromatic nitrogens is 2. The summed E-state index contributed by atoms with van der Waals surface area (Å²) in [5, 5.41) is 23.3. The van der Waals surface area contributed by atoms with Crippen LogP contribution in [-0.4, -0.2) is 60.9 Å². The van der Waals surface area contributed by atoms with E-state index in [1.54, 1.807) is 17.2 Å². The van der Waals surface area contributed by atoms with E-state index in [0.717, 1.165) is 27.9 Å². The largest absolute Gasteiger partial charge is 0.443 e. The van der Waals surface area contributed by atoms with Crippen LogP contribution in [0.5, 0.6) is 0 Å². The van der Waals surface area contributed by atoms with Crippen LogP contribution in [0.3, 0.4) is 0 Å². The molecule has 0 spiro atoms. The van der Waals surface area contributed by atoms with Crippen molar-refractivity contribution in [1.29, 1.82) is 5.26 Å². The lowest BCUT2D eigenvalue weighted by molar-refractivity contribution is -0.00699. The van der Waals surface area contributed by atoms with Crippen LogP contribution in [0.4, 0.5) is 22.1 Å². The van der Waals surface area contributed by atoms with E-state index in [-0.39, 0.29) is 17.7 Å². The maximum Gasteiger partial charge on any atom is 0.414 e. The van der Waals surface area contributed by atoms with Crippen molar-refractivity contribution < 1.29 is 23.8 Å². The number of nitrogens with zero attached hydrogens (tertiary/aromatic N) is 4. The maximum absolute atomic E-state index is 13.6. The Hall–Kier alpha value is -3.82. The monoisotopic (exact) mass is 657 g/mol. The van der Waals surface area contributed by atoms with E-state index in [2.05, 4.69) is 57.2 Å². The Labute approximate surface area is 279 Å². The fourth-order valence-electron chi connectivity index (χ4n) is 5.66. The average molecular weight is 658 g/mol. The predicted octanol–water partition coefficient (Wildman–Crippen LogP) is 7.23. The van der Waals surface area contributed by atoms with Crippen LogP contribution in [0.25, 0.3) is 11.3 Å². The normalized spacial score (nSPS) is 19.5. The number of ether oxygens (including phenoxy) is 2. The summed E-state index contributed by atoms with van der Waals surface area (Å²) in [5.74, 6) is 0.409. The number of amides is 1. The number of carbonyl (C=O) groups excluding carboxylic acids is 1. The quantitative estimate of drug-likeness (QED) is 0.253. The van der Waals surface area contributed by atoms with E-state index >= 15 is 0 Å². The number of rotatable bonds is 7. The van der Waals surface area contributed by atoms with Crippen LogP contribution >= 0.6 is 0 Å². The zero-order chi connectivity index (χ0) is 34.4. The molecule has 10 nitrogen and oxygen atoms in total. The highest BCUT2D eigenvalue weighted by Gasteiger charge is 2.47. The number of nitrogens with one attached hydrogen (secondary N) is 1. The van der Waals surface area contributed by atoms with Gasteiger partial charge in [0.25, 0.3) is 0 Å². The van der Waals surface area contributed by atoms with Gasteiger partial charge in [0, 0.05) is 42.4 Å². The third-order valence-corrected chi connectivity index (χ3v) is 13.8. The van der Waals surface area contributed by atoms with Gasteiger partial charge < -0.3 is 24.3 Å². The van der Waals surface area contributed by atoms with Crippen molar-refractivity contribution in [3.8, 4) is 17.3 Å². The van der Waals surface area contributed by atoms with Gasteiger partial charge in [0.2, 0.25) is 5.95 Å². The Morgan fingerprint density at radius 1 is 1.17 bits per heavy atom. The second-order valence-corrected chi connectivity index (χ2v) is 20.2. The Balaban J connectivity index is 1.52. The molecule has 1 amide bonds. The third-order valence-electron chi connectivity index (χ3n) is 9.37. The van der Waals surface area contributed by atoms with Crippen LogP contribution in [0.15, 0.2) is 42.6 Å². The van der Waals surface area contributed by atoms with E-state index in [0.29, 0.717) is 49.1 Å². The smallest absolute Gasteiger partial charge is 0.414 e. The van der Waals surface area contributed by atoms with Crippen LogP contribution in [-0.2, 0) is 32.3 Å². The topological polar surface area (TPSA) is 130 Å². The average Bonchev–Trinajstić information content (AvgIpc) is 3.31. The molecule has 47 heavy (non-hydrogen) atoms. The van der Waals surface area contributed by atoms with Crippen molar-refractivity contribution in [2.24, 2.45) is 0 Å². The lowest BCUT2D eigenvalue weighted by Gasteiger charge is -2.39. The zero-order valence-corrected chi connectivity index (χ0v) is 30.0. The molecular formula is C36H47N5O5Si. The molecule has 0 saturated carbocycles. The molecule has 2 N–H and O–H groups in total. The summed E-state index contributed by atoms with van der Waals surface area (Å²) in [4.78, 5) is 24.4. The Morgan fingerprint density at radius 3 is 2.57 bits per heavy atom. The highest BCUT2D eigenvalue weighted by atomic mass is 28.4. The lowest BCUT2D eigenvalue weighted by Crippen LogP contribution is -2.46. The summed E-state index contributed by atoms with van der Waals surface area (Å²) < 4.78 is 18.2. The molecule has 3 aromatic rings. The van der Waals surface area contributed by atoms with Gasteiger partial charge in [-0.2, -0.15) is 5.26 Å². The molecule has 3 heterocycles. The second-order valence-electron chi connectivity index (χ2n) is 15.4. The predicted molar refractivity (Wildman–Crippen MR) is 185 cm³/mol. The summed E-state index contributed by atoms with van der Waals surface area (Å²) in [6.45, 7) is 19.8. The molecule has 0 bridgehead atoms. The SMILES string of the molecule is CC(C)(C)OC(=O)N1CC(C)(CO[Si](C)(C)C(C)(C)C)c2cc(-c3ccnc(Nc4ccc5c(c4)CC(CO)OC5)n3)cc(C#N)c21. The van der Waals surface area contributed by atoms with E-state index in [9.17, 15) is 15.2 Å². The first-order valence-electron chi connectivity index (χ1n) is 16.1. The summed E-state index contributed by atoms with van der Waals surface area (Å²) in [5.41, 5.74) is 4.88. The molecule has 0 saturated heterocycles. The van der Waals surface area contributed by atoms with Gasteiger partial charge in [0.1, 0.15) is 11.7 Å². The number of anilines is 3. The number of hydrogen-bond acceptors (Lipinski definition) is 9. The maximum atomic E-state index is 13.6. The number of nitriles is 1. The summed E-state index contributed by atoms with van der Waals surface area (Å²) in [7, 11) is -2.14. The molecule has 5 rings (SSSR count). The number of aliphatic hydroxyl groups excluding tert-OH is 1. The number of fused-ring (bicyclic) bond motifs is 2. The second kappa shape index (κ2) is 12.7. The van der Waals surface area contributed by atoms with Crippen LogP contribution in [0, 0.1) is 11.3 Å². The highest BCUT2D eigenvalue weighted by molar-refractivity contribution is 6.74. The van der Waals surface area contributed by atoms with Gasteiger partial charge >= 0.3 is 6.09 Å². The number of hydrogen-bond donors (Lipinski definition) is 2. The molecule has 0 fully saturated rings. The zero-order valence-electron chi connectivity index (χ0n) is 29.0. The first-order valence-corrected chi connectivity index (χ1v) is 19.0. The number of benzene rings is 2. The molecule has 1 aromatic heterocycles. The van der Waals surface area contributed by atoms with Crippen LogP contribution in [0.2, 0.25) is 18.1 Å². The minimum Gasteiger partial charge on any atom is -0.443 e. The fraction of sp³-hybridized carbons (Fsp3) is 0.500. The Kier molecular flexibility index (Phi) is 9.29. The van der Waals surface area contributed by atoms with E-state index in [1.165, 1.54) is 0 Å². The minimum atomic E-state index is -2.14. The molecule has 2 aromatic carbocycles. The molecule has 0 aliphatic carbocycles. The van der Waals surface area contributed by atoms with Crippen molar-refractivity contribution in [3.05, 3.63) is 64.8 Å². The number of aliphatic hydroxyl groups is 1. The first kappa shape index (κ1) is 34.5. The lowest BCUT2D eigenvalue weighted by atomic mass is 9.83. The van der Waals surface area contributed by atoms with E-state index in [4.69, 9.17) is 18.9 Å². The Bertz CT molecular complexity index is 1710. The molecule has 2 atom stereocenters. The summed E-state index contributed by atoms with van der Waals surface area (Å²) >= 11 is 0. The van der Waals surface area contributed by atoms with E-state index < -0.39 is 25.4 Å². The van der Waals surface area contributed by atoms with Gasteiger partial charge in [0.05, 0.1) is 36.3 Å². The van der Waals surface area contributed by atoms with E-state index in [1.807, 2.05) is 51.1 Å². The molecule has 2 aliphatic heterocycles. The van der Waals surface area contributed by atoms with Crippen molar-refractivity contribution in [1.82, 2.24) is 9.97 Å². The van der Waals surface area contributed by atoms with Crippen molar-refractivity contribution >= 4 is 31.7 Å². The third kappa shape index (κ3) is 7.36. The fourth-order valence-corrected chi connectivity index (χ4v) is 6.77. The highest BCUT2D eigenvalue weighted by Crippen LogP contribution is 2.47. The summed E-state index contributed by atoms with van der Waals surface area (Å²) in [6.07, 6.45) is 1.61. The molecule has 250 valence electrons. The molecular weight excluding hydrogens is 611 g/mol. The van der Waals surface area contributed by atoms with Gasteiger partial charge in [-0.25, -0.2) is 14.8 Å². The van der Waals surface area contributed by atoms with Crippen molar-refractivity contribution in [2.75, 3.05) is 30.0 Å². The molecule has 2 aliphatic rings. The molecule has 11 heteroatoms. The standard InChI is InChI=1S/C36H47N5O5Si/c1-34(2,3)46-33(43)41-21-36(7,22-45-47(8,9)35(4,5)6)29-17-25(14-26(18-37)31(29)41)30-12-13-38-32(40-30)39-27-11-10-23-20-44-28(19-42)16-24(23)15-27/h10-15,17,28,42H,16,19-22H2,1-9H3,(H,38,39,40).